The van der Waals surface area contributed by atoms with Gasteiger partial charge in [-0.05, 0) is 23.9 Å². The highest BCUT2D eigenvalue weighted by Crippen LogP contribution is 2.15. The average molecular weight is 284 g/mol. The molecule has 0 fully saturated rings. The summed E-state index contributed by atoms with van der Waals surface area (Å²) in [6, 6.07) is 1.97. The zero-order valence-corrected chi connectivity index (χ0v) is 10.3. The summed E-state index contributed by atoms with van der Waals surface area (Å²) < 4.78 is 24.5. The first kappa shape index (κ1) is 11.2. The number of hydrogen-bond acceptors (Lipinski definition) is 3. The van der Waals surface area contributed by atoms with Crippen LogP contribution < -0.4 is 4.72 Å². The number of sulfonamides is 1. The van der Waals surface area contributed by atoms with Crippen LogP contribution in [-0.4, -0.2) is 13.1 Å². The van der Waals surface area contributed by atoms with Gasteiger partial charge < -0.3 is 0 Å². The number of alkyl halides is 1. The highest BCUT2D eigenvalue weighted by molar-refractivity contribution is 9.10. The molecule has 0 unspecified atom stereocenters. The normalized spacial score (nSPS) is 11.8. The minimum absolute atomic E-state index is 0.0512. The van der Waals surface area contributed by atoms with Crippen LogP contribution in [0.2, 0.25) is 0 Å². The van der Waals surface area contributed by atoms with E-state index in [9.17, 15) is 8.42 Å². The lowest BCUT2D eigenvalue weighted by Gasteiger charge is -2.02. The van der Waals surface area contributed by atoms with Crippen LogP contribution in [-0.2, 0) is 16.6 Å². The topological polar surface area (TPSA) is 46.2 Å². The number of thiophene rings is 1. The van der Waals surface area contributed by atoms with Crippen molar-refractivity contribution in [1.82, 2.24) is 4.72 Å². The van der Waals surface area contributed by atoms with E-state index in [2.05, 4.69) is 20.7 Å². The number of rotatable bonds is 4. The molecule has 0 atom stereocenters. The minimum atomic E-state index is -3.14. The van der Waals surface area contributed by atoms with Gasteiger partial charge in [-0.1, -0.05) is 15.9 Å². The van der Waals surface area contributed by atoms with Gasteiger partial charge in [0.2, 0.25) is 10.0 Å². The lowest BCUT2D eigenvalue weighted by atomic mass is 10.3. The first-order valence-corrected chi connectivity index (χ1v) is 7.27. The van der Waals surface area contributed by atoms with Gasteiger partial charge in [-0.3, -0.25) is 0 Å². The van der Waals surface area contributed by atoms with Crippen LogP contribution in [0, 0.1) is 6.92 Å². The van der Waals surface area contributed by atoms with E-state index < -0.39 is 10.0 Å². The Bertz CT molecular complexity index is 372. The van der Waals surface area contributed by atoms with Gasteiger partial charge in [0.15, 0.2) is 0 Å². The van der Waals surface area contributed by atoms with E-state index in [0.29, 0.717) is 6.54 Å². The lowest BCUT2D eigenvalue weighted by Crippen LogP contribution is -2.23. The molecule has 1 N–H and O–H groups in total. The maximum atomic E-state index is 11.1. The van der Waals surface area contributed by atoms with Crippen molar-refractivity contribution in [2.24, 2.45) is 0 Å². The zero-order valence-electron chi connectivity index (χ0n) is 7.08. The summed E-state index contributed by atoms with van der Waals surface area (Å²) in [5.74, 6) is 0. The molecule has 1 heterocycles. The molecule has 74 valence electrons. The molecule has 0 bridgehead atoms. The molecule has 0 aliphatic rings. The summed E-state index contributed by atoms with van der Waals surface area (Å²) in [5.41, 5.74) is 1.13. The van der Waals surface area contributed by atoms with E-state index in [1.807, 2.05) is 18.4 Å². The van der Waals surface area contributed by atoms with Crippen LogP contribution in [0.5, 0.6) is 0 Å². The smallest absolute Gasteiger partial charge is 0.212 e. The van der Waals surface area contributed by atoms with Crippen LogP contribution >= 0.6 is 27.3 Å². The fourth-order valence-electron chi connectivity index (χ4n) is 0.799. The predicted molar refractivity (Wildman–Crippen MR) is 58.6 cm³/mol. The van der Waals surface area contributed by atoms with E-state index >= 15 is 0 Å². The molecule has 0 saturated heterocycles. The zero-order chi connectivity index (χ0) is 9.90. The van der Waals surface area contributed by atoms with Crippen LogP contribution in [0.25, 0.3) is 0 Å². The third-order valence-corrected chi connectivity index (χ3v) is 5.27. The van der Waals surface area contributed by atoms with Gasteiger partial charge >= 0.3 is 0 Å². The third-order valence-electron chi connectivity index (χ3n) is 1.56. The van der Waals surface area contributed by atoms with Crippen LogP contribution in [0.3, 0.4) is 0 Å². The van der Waals surface area contributed by atoms with Gasteiger partial charge in [0, 0.05) is 11.4 Å². The predicted octanol–water partition coefficient (Wildman–Crippen LogP) is 1.83. The summed E-state index contributed by atoms with van der Waals surface area (Å²) in [6.07, 6.45) is 0. The summed E-state index contributed by atoms with van der Waals surface area (Å²) in [6.45, 7) is 2.35. The Morgan fingerprint density at radius 2 is 2.31 bits per heavy atom. The molecule has 6 heteroatoms. The molecule has 0 aliphatic carbocycles. The molecule has 0 spiro atoms. The molecule has 0 saturated carbocycles. The van der Waals surface area contributed by atoms with E-state index in [-0.39, 0.29) is 4.66 Å². The molecule has 1 rings (SSSR count). The molecule has 0 amide bonds. The molecule has 0 aliphatic heterocycles. The Morgan fingerprint density at radius 3 is 2.77 bits per heavy atom. The highest BCUT2D eigenvalue weighted by Gasteiger charge is 2.08. The number of nitrogens with one attached hydrogen (secondary N) is 1. The first-order valence-electron chi connectivity index (χ1n) is 3.61. The molecule has 0 radical (unpaired) electrons. The van der Waals surface area contributed by atoms with Crippen molar-refractivity contribution < 1.29 is 8.42 Å². The number of halogens is 1. The lowest BCUT2D eigenvalue weighted by molar-refractivity contribution is 0.587. The Hall–Kier alpha value is 0.0900. The van der Waals surface area contributed by atoms with Crippen molar-refractivity contribution in [2.45, 2.75) is 13.5 Å². The molecule has 3 nitrogen and oxygen atoms in total. The summed E-state index contributed by atoms with van der Waals surface area (Å²) in [7, 11) is -3.14. The van der Waals surface area contributed by atoms with E-state index in [1.165, 1.54) is 0 Å². The van der Waals surface area contributed by atoms with Gasteiger partial charge in [-0.15, -0.1) is 11.3 Å². The maximum Gasteiger partial charge on any atom is 0.221 e. The standard InChI is InChI=1S/C7H10BrNO2S2/c1-6-2-3-12-7(6)4-9-13(10,11)5-8/h2-3,9H,4-5H2,1H3. The summed E-state index contributed by atoms with van der Waals surface area (Å²) in [4.78, 5) is 1.06. The largest absolute Gasteiger partial charge is 0.221 e. The van der Waals surface area contributed by atoms with Crippen LogP contribution in [0.1, 0.15) is 10.4 Å². The fourth-order valence-corrected chi connectivity index (χ4v) is 2.66. The Kier molecular flexibility index (Phi) is 3.90. The minimum Gasteiger partial charge on any atom is -0.212 e. The van der Waals surface area contributed by atoms with E-state index in [4.69, 9.17) is 0 Å². The van der Waals surface area contributed by atoms with Gasteiger partial charge in [-0.25, -0.2) is 13.1 Å². The first-order chi connectivity index (χ1) is 6.05. The van der Waals surface area contributed by atoms with Crippen molar-refractivity contribution in [3.8, 4) is 0 Å². The third kappa shape index (κ3) is 3.38. The number of hydrogen-bond donors (Lipinski definition) is 1. The Labute approximate surface area is 90.3 Å². The second-order valence-electron chi connectivity index (χ2n) is 2.57. The molecule has 1 aromatic heterocycles. The molecule has 0 aromatic carbocycles. The molecular formula is C7H10BrNO2S2. The second-order valence-corrected chi connectivity index (χ2v) is 6.68. The average Bonchev–Trinajstić information content (AvgIpc) is 2.48. The SMILES string of the molecule is Cc1ccsc1CNS(=O)(=O)CBr. The Balaban J connectivity index is 2.58. The maximum absolute atomic E-state index is 11.1. The van der Waals surface area contributed by atoms with Crippen LogP contribution in [0.15, 0.2) is 11.4 Å². The Morgan fingerprint density at radius 1 is 1.62 bits per heavy atom. The van der Waals surface area contributed by atoms with Gasteiger partial charge in [-0.2, -0.15) is 0 Å². The summed E-state index contributed by atoms with van der Waals surface area (Å²) >= 11 is 4.47. The van der Waals surface area contributed by atoms with Crippen LogP contribution in [0.4, 0.5) is 0 Å². The van der Waals surface area contributed by atoms with Crippen molar-refractivity contribution in [2.75, 3.05) is 4.66 Å². The molecule has 13 heavy (non-hydrogen) atoms. The molecule has 1 aromatic rings. The van der Waals surface area contributed by atoms with Crippen molar-refractivity contribution in [1.29, 1.82) is 0 Å². The summed E-state index contributed by atoms with van der Waals surface area (Å²) in [5, 5.41) is 1.95. The van der Waals surface area contributed by atoms with Gasteiger partial charge in [0.05, 0.1) is 0 Å². The van der Waals surface area contributed by atoms with Crippen molar-refractivity contribution >= 4 is 37.3 Å². The van der Waals surface area contributed by atoms with Crippen molar-refractivity contribution in [3.63, 3.8) is 0 Å². The van der Waals surface area contributed by atoms with Gasteiger partial charge in [0.25, 0.3) is 0 Å². The van der Waals surface area contributed by atoms with E-state index in [0.717, 1.165) is 10.4 Å². The monoisotopic (exact) mass is 283 g/mol. The molecular weight excluding hydrogens is 274 g/mol. The highest BCUT2D eigenvalue weighted by atomic mass is 79.9. The fraction of sp³-hybridized carbons (Fsp3) is 0.429. The van der Waals surface area contributed by atoms with Crippen molar-refractivity contribution in [3.05, 3.63) is 21.9 Å². The van der Waals surface area contributed by atoms with Gasteiger partial charge in [0.1, 0.15) is 4.66 Å². The quantitative estimate of drug-likeness (QED) is 0.857. The number of aryl methyl sites for hydroxylation is 1. The van der Waals surface area contributed by atoms with E-state index in [1.54, 1.807) is 11.3 Å². The second kappa shape index (κ2) is 4.54.